The van der Waals surface area contributed by atoms with E-state index < -0.39 is 15.9 Å². The molecule has 1 aromatic heterocycles. The van der Waals surface area contributed by atoms with Gasteiger partial charge in [-0.15, -0.1) is 0 Å². The van der Waals surface area contributed by atoms with Crippen molar-refractivity contribution in [2.75, 3.05) is 25.7 Å². The summed E-state index contributed by atoms with van der Waals surface area (Å²) in [5.74, 6) is 6.26. The van der Waals surface area contributed by atoms with Gasteiger partial charge in [-0.1, -0.05) is 0 Å². The van der Waals surface area contributed by atoms with Gasteiger partial charge >= 0.3 is 0 Å². The molecule has 20 heavy (non-hydrogen) atoms. The largest absolute Gasteiger partial charge is 0.480 e. The topological polar surface area (TPSA) is 116 Å². The van der Waals surface area contributed by atoms with Crippen molar-refractivity contribution in [3.8, 4) is 11.8 Å². The Bertz CT molecular complexity index is 578. The van der Waals surface area contributed by atoms with Crippen molar-refractivity contribution in [2.45, 2.75) is 12.5 Å². The van der Waals surface area contributed by atoms with Crippen molar-refractivity contribution >= 4 is 9.84 Å². The molecule has 2 atom stereocenters. The van der Waals surface area contributed by atoms with Crippen molar-refractivity contribution in [1.82, 2.24) is 15.4 Å². The first kappa shape index (κ1) is 14.9. The molecule has 3 N–H and O–H groups in total. The fraction of sp³-hybridized carbons (Fsp3) is 0.636. The summed E-state index contributed by atoms with van der Waals surface area (Å²) in [4.78, 5) is 8.37. The van der Waals surface area contributed by atoms with E-state index >= 15 is 0 Å². The number of hydrogen-bond acceptors (Lipinski definition) is 8. The zero-order valence-electron chi connectivity index (χ0n) is 11.4. The van der Waals surface area contributed by atoms with E-state index in [4.69, 9.17) is 15.3 Å². The maximum absolute atomic E-state index is 11.6. The van der Waals surface area contributed by atoms with Crippen molar-refractivity contribution < 1.29 is 17.9 Å². The molecular formula is C11H18N4O4S. The summed E-state index contributed by atoms with van der Waals surface area (Å²) >= 11 is 0. The van der Waals surface area contributed by atoms with Crippen molar-refractivity contribution in [3.63, 3.8) is 0 Å². The summed E-state index contributed by atoms with van der Waals surface area (Å²) in [5, 5.41) is 0. The summed E-state index contributed by atoms with van der Waals surface area (Å²) < 4.78 is 33.3. The lowest BCUT2D eigenvalue weighted by atomic mass is 9.97. The minimum Gasteiger partial charge on any atom is -0.480 e. The van der Waals surface area contributed by atoms with Crippen LogP contribution in [0.5, 0.6) is 11.8 Å². The Hall–Kier alpha value is -1.45. The van der Waals surface area contributed by atoms with Gasteiger partial charge in [0.2, 0.25) is 11.8 Å². The molecule has 1 fully saturated rings. The third-order valence-electron chi connectivity index (χ3n) is 3.36. The van der Waals surface area contributed by atoms with Crippen LogP contribution in [-0.4, -0.2) is 44.1 Å². The molecule has 2 rings (SSSR count). The Morgan fingerprint density at radius 1 is 1.45 bits per heavy atom. The standard InChI is InChI=1S/C11H18N4O4S/c1-18-8-5-13-10(11(14-8)19-2)9(15-12)7-3-4-20(16,17)6-7/h5,7,9,15H,3-4,6,12H2,1-2H3. The molecular weight excluding hydrogens is 284 g/mol. The number of nitrogens with one attached hydrogen (secondary N) is 1. The van der Waals surface area contributed by atoms with Gasteiger partial charge in [0.1, 0.15) is 5.69 Å². The number of ether oxygens (including phenoxy) is 2. The van der Waals surface area contributed by atoms with Gasteiger partial charge in [0.25, 0.3) is 0 Å². The highest BCUT2D eigenvalue weighted by molar-refractivity contribution is 7.91. The molecule has 0 amide bonds. The first-order valence-electron chi connectivity index (χ1n) is 6.12. The van der Waals surface area contributed by atoms with E-state index in [0.29, 0.717) is 18.0 Å². The monoisotopic (exact) mass is 302 g/mol. The van der Waals surface area contributed by atoms with Gasteiger partial charge < -0.3 is 9.47 Å². The van der Waals surface area contributed by atoms with Gasteiger partial charge in [0.05, 0.1) is 38.0 Å². The van der Waals surface area contributed by atoms with E-state index in [1.54, 1.807) is 0 Å². The molecule has 112 valence electrons. The maximum Gasteiger partial charge on any atom is 0.240 e. The molecule has 1 aromatic rings. The van der Waals surface area contributed by atoms with Crippen molar-refractivity contribution in [3.05, 3.63) is 11.9 Å². The van der Waals surface area contributed by atoms with Gasteiger partial charge in [0, 0.05) is 0 Å². The van der Waals surface area contributed by atoms with Crippen molar-refractivity contribution in [1.29, 1.82) is 0 Å². The second kappa shape index (κ2) is 5.90. The summed E-state index contributed by atoms with van der Waals surface area (Å²) in [6, 6.07) is -0.430. The van der Waals surface area contributed by atoms with Gasteiger partial charge in [-0.3, -0.25) is 11.3 Å². The molecule has 0 aromatic carbocycles. The quantitative estimate of drug-likeness (QED) is 0.549. The fourth-order valence-corrected chi connectivity index (χ4v) is 4.19. The molecule has 0 bridgehead atoms. The van der Waals surface area contributed by atoms with Gasteiger partial charge in [-0.2, -0.15) is 4.98 Å². The lowest BCUT2D eigenvalue weighted by Crippen LogP contribution is -2.35. The van der Waals surface area contributed by atoms with Gasteiger partial charge in [-0.25, -0.2) is 13.4 Å². The molecule has 1 aliphatic heterocycles. The molecule has 1 aliphatic rings. The molecule has 2 heterocycles. The van der Waals surface area contributed by atoms with Crippen LogP contribution >= 0.6 is 0 Å². The van der Waals surface area contributed by atoms with E-state index in [1.165, 1.54) is 20.4 Å². The zero-order valence-corrected chi connectivity index (χ0v) is 12.2. The minimum atomic E-state index is -3.00. The van der Waals surface area contributed by atoms with Crippen molar-refractivity contribution in [2.24, 2.45) is 11.8 Å². The SMILES string of the molecule is COc1cnc(C(NN)C2CCS(=O)(=O)C2)c(OC)n1. The summed E-state index contributed by atoms with van der Waals surface area (Å²) in [7, 11) is -0.0585. The molecule has 0 spiro atoms. The molecule has 2 unspecified atom stereocenters. The number of hydrazine groups is 1. The average molecular weight is 302 g/mol. The summed E-state index contributed by atoms with van der Waals surface area (Å²) in [5.41, 5.74) is 3.11. The normalized spacial score (nSPS) is 22.4. The van der Waals surface area contributed by atoms with E-state index in [1.807, 2.05) is 0 Å². The fourth-order valence-electron chi connectivity index (χ4n) is 2.35. The van der Waals surface area contributed by atoms with E-state index in [2.05, 4.69) is 15.4 Å². The Morgan fingerprint density at radius 2 is 2.20 bits per heavy atom. The first-order chi connectivity index (χ1) is 9.50. The molecule has 0 aliphatic carbocycles. The molecule has 9 heteroatoms. The van der Waals surface area contributed by atoms with Gasteiger partial charge in [-0.05, 0) is 12.3 Å². The van der Waals surface area contributed by atoms with Crippen LogP contribution in [0.4, 0.5) is 0 Å². The number of sulfone groups is 1. The lowest BCUT2D eigenvalue weighted by molar-refractivity contribution is 0.330. The maximum atomic E-state index is 11.6. The van der Waals surface area contributed by atoms with Crippen LogP contribution in [-0.2, 0) is 9.84 Å². The minimum absolute atomic E-state index is 0.0821. The number of nitrogens with zero attached hydrogens (tertiary/aromatic N) is 2. The number of hydrogen-bond donors (Lipinski definition) is 2. The van der Waals surface area contributed by atoms with Crippen LogP contribution in [0, 0.1) is 5.92 Å². The van der Waals surface area contributed by atoms with Crippen LogP contribution in [0.15, 0.2) is 6.20 Å². The number of methoxy groups -OCH3 is 2. The van der Waals surface area contributed by atoms with Crippen LogP contribution in [0.1, 0.15) is 18.2 Å². The lowest BCUT2D eigenvalue weighted by Gasteiger charge is -2.22. The third-order valence-corrected chi connectivity index (χ3v) is 5.15. The predicted molar refractivity (Wildman–Crippen MR) is 72.0 cm³/mol. The molecule has 0 saturated carbocycles. The van der Waals surface area contributed by atoms with Crippen LogP contribution in [0.2, 0.25) is 0 Å². The second-order valence-electron chi connectivity index (χ2n) is 4.61. The van der Waals surface area contributed by atoms with E-state index in [9.17, 15) is 8.42 Å². The van der Waals surface area contributed by atoms with E-state index in [0.717, 1.165) is 0 Å². The number of aromatic nitrogens is 2. The Labute approximate surface area is 117 Å². The molecule has 8 nitrogen and oxygen atoms in total. The highest BCUT2D eigenvalue weighted by atomic mass is 32.2. The Kier molecular flexibility index (Phi) is 4.41. The second-order valence-corrected chi connectivity index (χ2v) is 6.84. The van der Waals surface area contributed by atoms with E-state index in [-0.39, 0.29) is 23.3 Å². The highest BCUT2D eigenvalue weighted by Crippen LogP contribution is 2.33. The van der Waals surface area contributed by atoms with Crippen LogP contribution in [0.25, 0.3) is 0 Å². The van der Waals surface area contributed by atoms with Crippen LogP contribution < -0.4 is 20.7 Å². The summed E-state index contributed by atoms with van der Waals surface area (Å²) in [6.45, 7) is 0. The van der Waals surface area contributed by atoms with Crippen LogP contribution in [0.3, 0.4) is 0 Å². The molecule has 1 saturated heterocycles. The zero-order chi connectivity index (χ0) is 14.8. The average Bonchev–Trinajstić information content (AvgIpc) is 2.80. The summed E-state index contributed by atoms with van der Waals surface area (Å²) in [6.07, 6.45) is 1.99. The predicted octanol–water partition coefficient (Wildman–Crippen LogP) is -0.567. The smallest absolute Gasteiger partial charge is 0.240 e. The van der Waals surface area contributed by atoms with Gasteiger partial charge in [0.15, 0.2) is 9.84 Å². The Balaban J connectivity index is 2.32. The first-order valence-corrected chi connectivity index (χ1v) is 7.94. The Morgan fingerprint density at radius 3 is 2.70 bits per heavy atom. The highest BCUT2D eigenvalue weighted by Gasteiger charge is 2.36. The number of rotatable bonds is 5. The number of nitrogens with two attached hydrogens (primary N) is 1. The third kappa shape index (κ3) is 3.00. The molecule has 0 radical (unpaired) electrons.